The van der Waals surface area contributed by atoms with Gasteiger partial charge in [-0.2, -0.15) is 0 Å². The van der Waals surface area contributed by atoms with E-state index >= 15 is 0 Å². The Kier molecular flexibility index (Phi) is 5.78. The van der Waals surface area contributed by atoms with E-state index in [-0.39, 0.29) is 18.6 Å². The number of hydrogen-bond donors (Lipinski definition) is 2. The number of carbonyl (C=O) groups excluding carboxylic acids is 1. The summed E-state index contributed by atoms with van der Waals surface area (Å²) >= 11 is 0. The number of hydrogen-bond acceptors (Lipinski definition) is 3. The van der Waals surface area contributed by atoms with Crippen molar-refractivity contribution >= 4 is 5.91 Å². The molecule has 1 atom stereocenters. The van der Waals surface area contributed by atoms with E-state index in [0.717, 1.165) is 18.4 Å². The summed E-state index contributed by atoms with van der Waals surface area (Å²) in [5, 5.41) is 11.7. The summed E-state index contributed by atoms with van der Waals surface area (Å²) in [6.07, 6.45) is 2.42. The van der Waals surface area contributed by atoms with Crippen molar-refractivity contribution in [1.29, 1.82) is 0 Å². The maximum Gasteiger partial charge on any atom is 0.287 e. The molecule has 1 heterocycles. The molecule has 0 saturated carbocycles. The highest BCUT2D eigenvalue weighted by Crippen LogP contribution is 2.22. The molecule has 0 aliphatic carbocycles. The second kappa shape index (κ2) is 7.80. The van der Waals surface area contributed by atoms with E-state index in [1.54, 1.807) is 6.07 Å². The molecule has 1 aromatic heterocycles. The molecule has 2 rings (SSSR count). The van der Waals surface area contributed by atoms with E-state index in [1.165, 1.54) is 5.56 Å². The van der Waals surface area contributed by atoms with Gasteiger partial charge in [0.1, 0.15) is 5.76 Å². The first-order valence-corrected chi connectivity index (χ1v) is 7.75. The molecule has 0 saturated heterocycles. The number of aliphatic hydroxyl groups is 1. The van der Waals surface area contributed by atoms with Gasteiger partial charge in [-0.3, -0.25) is 4.79 Å². The van der Waals surface area contributed by atoms with Gasteiger partial charge >= 0.3 is 0 Å². The highest BCUT2D eigenvalue weighted by Gasteiger charge is 2.14. The van der Waals surface area contributed by atoms with Crippen LogP contribution in [0.25, 0.3) is 11.3 Å². The average molecular weight is 301 g/mol. The Morgan fingerprint density at radius 1 is 1.23 bits per heavy atom. The number of aryl methyl sites for hydroxylation is 1. The third kappa shape index (κ3) is 4.21. The number of carbonyl (C=O) groups is 1. The highest BCUT2D eigenvalue weighted by molar-refractivity contribution is 5.92. The number of aliphatic hydroxyl groups excluding tert-OH is 1. The summed E-state index contributed by atoms with van der Waals surface area (Å²) in [6, 6.07) is 11.7. The van der Waals surface area contributed by atoms with Gasteiger partial charge in [-0.25, -0.2) is 0 Å². The number of furan rings is 1. The van der Waals surface area contributed by atoms with Crippen LogP contribution in [0.2, 0.25) is 0 Å². The molecule has 1 amide bonds. The minimum absolute atomic E-state index is 0.0111. The van der Waals surface area contributed by atoms with E-state index in [0.29, 0.717) is 17.9 Å². The quantitative estimate of drug-likeness (QED) is 0.824. The first-order chi connectivity index (χ1) is 10.6. The average Bonchev–Trinajstić information content (AvgIpc) is 3.03. The third-order valence-electron chi connectivity index (χ3n) is 3.65. The Hall–Kier alpha value is -2.07. The molecule has 22 heavy (non-hydrogen) atoms. The predicted octanol–water partition coefficient (Wildman–Crippen LogP) is 3.40. The smallest absolute Gasteiger partial charge is 0.287 e. The molecule has 2 N–H and O–H groups in total. The molecule has 0 radical (unpaired) electrons. The summed E-state index contributed by atoms with van der Waals surface area (Å²) in [6.45, 7) is 4.17. The van der Waals surface area contributed by atoms with Crippen LogP contribution < -0.4 is 5.32 Å². The molecule has 0 spiro atoms. The Morgan fingerprint density at radius 3 is 2.59 bits per heavy atom. The summed E-state index contributed by atoms with van der Waals surface area (Å²) in [4.78, 5) is 12.1. The van der Waals surface area contributed by atoms with Crippen molar-refractivity contribution < 1.29 is 14.3 Å². The van der Waals surface area contributed by atoms with Crippen molar-refractivity contribution in [2.24, 2.45) is 0 Å². The number of rotatable bonds is 7. The summed E-state index contributed by atoms with van der Waals surface area (Å²) in [7, 11) is 0. The van der Waals surface area contributed by atoms with Crippen molar-refractivity contribution in [1.82, 2.24) is 5.32 Å². The maximum atomic E-state index is 12.1. The summed E-state index contributed by atoms with van der Waals surface area (Å²) in [5.74, 6) is 0.781. The van der Waals surface area contributed by atoms with Crippen molar-refractivity contribution in [2.45, 2.75) is 39.2 Å². The lowest BCUT2D eigenvalue weighted by molar-refractivity contribution is 0.0909. The zero-order valence-electron chi connectivity index (χ0n) is 13.1. The normalized spacial score (nSPS) is 12.1. The van der Waals surface area contributed by atoms with Gasteiger partial charge < -0.3 is 14.8 Å². The van der Waals surface area contributed by atoms with Crippen molar-refractivity contribution in [3.8, 4) is 11.3 Å². The predicted molar refractivity (Wildman–Crippen MR) is 86.8 cm³/mol. The second-order valence-corrected chi connectivity index (χ2v) is 5.45. The number of nitrogens with one attached hydrogen (secondary N) is 1. The van der Waals surface area contributed by atoms with Crippen LogP contribution in [0.5, 0.6) is 0 Å². The van der Waals surface area contributed by atoms with Gasteiger partial charge in [0, 0.05) is 18.2 Å². The van der Waals surface area contributed by atoms with Crippen LogP contribution in [-0.2, 0) is 6.42 Å². The topological polar surface area (TPSA) is 62.5 Å². The number of benzene rings is 1. The third-order valence-corrected chi connectivity index (χ3v) is 3.65. The van der Waals surface area contributed by atoms with E-state index in [1.807, 2.05) is 25.1 Å². The SMILES string of the molecule is CCc1ccc(-c2ccc(C(=O)NC(C)CCCO)o2)cc1. The molecule has 0 fully saturated rings. The Morgan fingerprint density at radius 2 is 1.95 bits per heavy atom. The fourth-order valence-electron chi connectivity index (χ4n) is 2.28. The van der Waals surface area contributed by atoms with E-state index < -0.39 is 0 Å². The first kappa shape index (κ1) is 16.3. The lowest BCUT2D eigenvalue weighted by Gasteiger charge is -2.11. The van der Waals surface area contributed by atoms with Gasteiger partial charge in [0.15, 0.2) is 5.76 Å². The first-order valence-electron chi connectivity index (χ1n) is 7.75. The minimum Gasteiger partial charge on any atom is -0.451 e. The molecule has 0 bridgehead atoms. The van der Waals surface area contributed by atoms with Gasteiger partial charge in [0.05, 0.1) is 0 Å². The van der Waals surface area contributed by atoms with Crippen LogP contribution in [0.15, 0.2) is 40.8 Å². The molecular formula is C18H23NO3. The molecule has 4 nitrogen and oxygen atoms in total. The Labute approximate surface area is 131 Å². The standard InChI is InChI=1S/C18H23NO3/c1-3-14-6-8-15(9-7-14)16-10-11-17(22-16)18(21)19-13(2)5-4-12-20/h6-11,13,20H,3-5,12H2,1-2H3,(H,19,21). The van der Waals surface area contributed by atoms with Crippen molar-refractivity contribution in [2.75, 3.05) is 6.61 Å². The largest absolute Gasteiger partial charge is 0.451 e. The maximum absolute atomic E-state index is 12.1. The van der Waals surface area contributed by atoms with E-state index in [9.17, 15) is 4.79 Å². The van der Waals surface area contributed by atoms with Gasteiger partial charge in [-0.05, 0) is 43.9 Å². The van der Waals surface area contributed by atoms with Gasteiger partial charge in [0.25, 0.3) is 5.91 Å². The van der Waals surface area contributed by atoms with Crippen LogP contribution in [0.4, 0.5) is 0 Å². The Balaban J connectivity index is 2.02. The molecule has 118 valence electrons. The van der Waals surface area contributed by atoms with Gasteiger partial charge in [-0.1, -0.05) is 31.2 Å². The molecule has 4 heteroatoms. The van der Waals surface area contributed by atoms with Crippen molar-refractivity contribution in [3.05, 3.63) is 47.7 Å². The molecule has 1 unspecified atom stereocenters. The van der Waals surface area contributed by atoms with E-state index in [2.05, 4.69) is 24.4 Å². The van der Waals surface area contributed by atoms with E-state index in [4.69, 9.17) is 9.52 Å². The minimum atomic E-state index is -0.220. The van der Waals surface area contributed by atoms with Crippen LogP contribution >= 0.6 is 0 Å². The van der Waals surface area contributed by atoms with Gasteiger partial charge in [0.2, 0.25) is 0 Å². The molecule has 0 aliphatic rings. The highest BCUT2D eigenvalue weighted by atomic mass is 16.3. The molecular weight excluding hydrogens is 278 g/mol. The van der Waals surface area contributed by atoms with Gasteiger partial charge in [-0.15, -0.1) is 0 Å². The van der Waals surface area contributed by atoms with Crippen LogP contribution in [0, 0.1) is 0 Å². The lowest BCUT2D eigenvalue weighted by Crippen LogP contribution is -2.32. The lowest BCUT2D eigenvalue weighted by atomic mass is 10.1. The van der Waals surface area contributed by atoms with Crippen LogP contribution in [0.1, 0.15) is 42.8 Å². The van der Waals surface area contributed by atoms with Crippen LogP contribution in [-0.4, -0.2) is 23.7 Å². The summed E-state index contributed by atoms with van der Waals surface area (Å²) < 4.78 is 5.65. The number of amides is 1. The Bertz CT molecular complexity index is 601. The fourth-order valence-corrected chi connectivity index (χ4v) is 2.28. The second-order valence-electron chi connectivity index (χ2n) is 5.45. The monoisotopic (exact) mass is 301 g/mol. The molecule has 0 aliphatic heterocycles. The zero-order valence-corrected chi connectivity index (χ0v) is 13.1. The molecule has 2 aromatic rings. The van der Waals surface area contributed by atoms with Crippen LogP contribution in [0.3, 0.4) is 0 Å². The fraction of sp³-hybridized carbons (Fsp3) is 0.389. The summed E-state index contributed by atoms with van der Waals surface area (Å²) in [5.41, 5.74) is 2.23. The zero-order chi connectivity index (χ0) is 15.9. The van der Waals surface area contributed by atoms with Crippen molar-refractivity contribution in [3.63, 3.8) is 0 Å². The molecule has 1 aromatic carbocycles.